The highest BCUT2D eigenvalue weighted by atomic mass is 32.1. The molecule has 2 aromatic rings. The van der Waals surface area contributed by atoms with Crippen LogP contribution in [-0.4, -0.2) is 35.6 Å². The Morgan fingerprint density at radius 3 is 2.92 bits per heavy atom. The molecule has 1 aromatic carbocycles. The summed E-state index contributed by atoms with van der Waals surface area (Å²) < 4.78 is 19.5. The third-order valence-corrected chi connectivity index (χ3v) is 4.67. The lowest BCUT2D eigenvalue weighted by atomic mass is 10.1. The lowest BCUT2D eigenvalue weighted by Crippen LogP contribution is -2.43. The van der Waals surface area contributed by atoms with Gasteiger partial charge >= 0.3 is 6.09 Å². The van der Waals surface area contributed by atoms with E-state index in [4.69, 9.17) is 10.5 Å². The molecule has 1 radical (unpaired) electrons. The van der Waals surface area contributed by atoms with Crippen LogP contribution in [-0.2, 0) is 9.53 Å². The highest BCUT2D eigenvalue weighted by Crippen LogP contribution is 2.32. The first-order valence-corrected chi connectivity index (χ1v) is 8.00. The molecule has 1 aromatic heterocycles. The maximum Gasteiger partial charge on any atom is 0.414 e. The highest BCUT2D eigenvalue weighted by molar-refractivity contribution is 7.15. The second-order valence-electron chi connectivity index (χ2n) is 5.45. The van der Waals surface area contributed by atoms with Crippen molar-refractivity contribution in [1.82, 2.24) is 4.98 Å². The number of amides is 1. The van der Waals surface area contributed by atoms with Gasteiger partial charge in [-0.15, -0.1) is 11.3 Å². The maximum atomic E-state index is 14.4. The Bertz CT molecular complexity index is 808. The van der Waals surface area contributed by atoms with Crippen molar-refractivity contribution < 1.29 is 18.7 Å². The average molecular weight is 348 g/mol. The van der Waals surface area contributed by atoms with E-state index in [-0.39, 0.29) is 12.3 Å². The molecule has 1 saturated heterocycles. The quantitative estimate of drug-likeness (QED) is 0.917. The van der Waals surface area contributed by atoms with E-state index in [9.17, 15) is 14.0 Å². The summed E-state index contributed by atoms with van der Waals surface area (Å²) in [5.41, 5.74) is 6.45. The summed E-state index contributed by atoms with van der Waals surface area (Å²) in [5, 5.41) is 0.595. The highest BCUT2D eigenvalue weighted by Gasteiger charge is 2.37. The molecular formula is C16H15FN3O3S. The number of carbonyl (C=O) groups excluding carboxylic acids is 2. The fourth-order valence-electron chi connectivity index (χ4n) is 2.45. The van der Waals surface area contributed by atoms with Gasteiger partial charge in [0, 0.05) is 18.7 Å². The van der Waals surface area contributed by atoms with Gasteiger partial charge in [-0.3, -0.25) is 9.69 Å². The SMILES string of the molecule is [CH2]c1ncc(-c2ccc(N3CC(C(N)C(C)=O)OC3=O)cc2F)s1. The number of rotatable bonds is 4. The Morgan fingerprint density at radius 1 is 1.58 bits per heavy atom. The van der Waals surface area contributed by atoms with Crippen LogP contribution >= 0.6 is 11.3 Å². The number of nitrogens with two attached hydrogens (primary N) is 1. The largest absolute Gasteiger partial charge is 0.442 e. The van der Waals surface area contributed by atoms with Gasteiger partial charge in [-0.05, 0) is 25.1 Å². The van der Waals surface area contributed by atoms with E-state index in [1.165, 1.54) is 29.2 Å². The van der Waals surface area contributed by atoms with Gasteiger partial charge in [0.05, 0.1) is 22.1 Å². The molecule has 2 N–H and O–H groups in total. The minimum atomic E-state index is -0.893. The van der Waals surface area contributed by atoms with Crippen molar-refractivity contribution in [3.05, 3.63) is 42.1 Å². The van der Waals surface area contributed by atoms with Crippen molar-refractivity contribution in [1.29, 1.82) is 0 Å². The fraction of sp³-hybridized carbons (Fsp3) is 0.250. The smallest absolute Gasteiger partial charge is 0.414 e. The summed E-state index contributed by atoms with van der Waals surface area (Å²) in [6.45, 7) is 5.14. The van der Waals surface area contributed by atoms with Crippen molar-refractivity contribution in [2.45, 2.75) is 19.1 Å². The molecule has 8 heteroatoms. The lowest BCUT2D eigenvalue weighted by Gasteiger charge is -2.15. The van der Waals surface area contributed by atoms with Crippen LogP contribution in [0.3, 0.4) is 0 Å². The Hall–Kier alpha value is -2.32. The van der Waals surface area contributed by atoms with E-state index in [1.54, 1.807) is 18.3 Å². The molecule has 1 aliphatic heterocycles. The number of ether oxygens (including phenoxy) is 1. The number of nitrogens with zero attached hydrogens (tertiary/aromatic N) is 2. The van der Waals surface area contributed by atoms with E-state index in [2.05, 4.69) is 11.9 Å². The Labute approximate surface area is 142 Å². The number of Topliss-reactive ketones (excluding diaryl/α,β-unsaturated/α-hetero) is 1. The zero-order valence-electron chi connectivity index (χ0n) is 12.9. The van der Waals surface area contributed by atoms with Crippen LogP contribution in [0.1, 0.15) is 11.9 Å². The number of carbonyl (C=O) groups is 2. The topological polar surface area (TPSA) is 85.5 Å². The number of ketones is 1. The van der Waals surface area contributed by atoms with Crippen molar-refractivity contribution in [3.63, 3.8) is 0 Å². The van der Waals surface area contributed by atoms with E-state index in [1.807, 2.05) is 0 Å². The normalized spacial score (nSPS) is 18.6. The molecule has 2 atom stereocenters. The Kier molecular flexibility index (Phi) is 4.33. The van der Waals surface area contributed by atoms with E-state index < -0.39 is 24.1 Å². The van der Waals surface area contributed by atoms with E-state index in [0.717, 1.165) is 0 Å². The van der Waals surface area contributed by atoms with Crippen LogP contribution in [0.15, 0.2) is 24.4 Å². The molecule has 125 valence electrons. The zero-order chi connectivity index (χ0) is 17.4. The first-order chi connectivity index (χ1) is 11.4. The summed E-state index contributed by atoms with van der Waals surface area (Å²) in [6.07, 6.45) is 0.159. The summed E-state index contributed by atoms with van der Waals surface area (Å²) in [4.78, 5) is 29.2. The Morgan fingerprint density at radius 2 is 2.33 bits per heavy atom. The first-order valence-electron chi connectivity index (χ1n) is 7.18. The second kappa shape index (κ2) is 6.29. The Balaban J connectivity index is 1.84. The molecule has 2 unspecified atom stereocenters. The minimum absolute atomic E-state index is 0.0992. The standard InChI is InChI=1S/C16H15FN3O3S/c1-8(21)15(18)13-7-20(16(22)23-13)10-3-4-11(12(17)5-10)14-6-19-9(2)24-14/h3-6,13,15H,2,7,18H2,1H3. The maximum absolute atomic E-state index is 14.4. The zero-order valence-corrected chi connectivity index (χ0v) is 13.7. The van der Waals surface area contributed by atoms with Crippen LogP contribution in [0.5, 0.6) is 0 Å². The summed E-state index contributed by atoms with van der Waals surface area (Å²) in [7, 11) is 0. The minimum Gasteiger partial charge on any atom is -0.442 e. The van der Waals surface area contributed by atoms with Crippen LogP contribution < -0.4 is 10.6 Å². The predicted octanol–water partition coefficient (Wildman–Crippen LogP) is 2.37. The summed E-state index contributed by atoms with van der Waals surface area (Å²) >= 11 is 1.28. The van der Waals surface area contributed by atoms with E-state index in [0.29, 0.717) is 21.1 Å². The van der Waals surface area contributed by atoms with Crippen molar-refractivity contribution in [2.24, 2.45) is 5.73 Å². The van der Waals surface area contributed by atoms with Crippen molar-refractivity contribution in [2.75, 3.05) is 11.4 Å². The predicted molar refractivity (Wildman–Crippen MR) is 88.2 cm³/mol. The third kappa shape index (κ3) is 3.02. The summed E-state index contributed by atoms with van der Waals surface area (Å²) in [5.74, 6) is -0.756. The molecule has 1 fully saturated rings. The molecule has 0 spiro atoms. The van der Waals surface area contributed by atoms with Gasteiger partial charge in [-0.2, -0.15) is 0 Å². The van der Waals surface area contributed by atoms with Gasteiger partial charge < -0.3 is 10.5 Å². The molecule has 3 rings (SSSR count). The van der Waals surface area contributed by atoms with Gasteiger partial charge in [0.25, 0.3) is 0 Å². The number of halogens is 1. The molecule has 1 amide bonds. The van der Waals surface area contributed by atoms with Gasteiger partial charge in [0.15, 0.2) is 0 Å². The molecule has 0 aliphatic carbocycles. The first kappa shape index (κ1) is 16.5. The molecule has 1 aliphatic rings. The van der Waals surface area contributed by atoms with Crippen LogP contribution in [0, 0.1) is 12.7 Å². The number of hydrogen-bond acceptors (Lipinski definition) is 6. The number of hydrogen-bond donors (Lipinski definition) is 1. The molecule has 0 saturated carbocycles. The van der Waals surface area contributed by atoms with Crippen molar-refractivity contribution >= 4 is 28.9 Å². The number of thiazole rings is 1. The van der Waals surface area contributed by atoms with Crippen molar-refractivity contribution in [3.8, 4) is 10.4 Å². The van der Waals surface area contributed by atoms with Gasteiger partial charge in [0.2, 0.25) is 0 Å². The van der Waals surface area contributed by atoms with Gasteiger partial charge in [-0.25, -0.2) is 14.2 Å². The molecule has 2 heterocycles. The van der Waals surface area contributed by atoms with Gasteiger partial charge in [0.1, 0.15) is 23.7 Å². The molecular weight excluding hydrogens is 333 g/mol. The summed E-state index contributed by atoms with van der Waals surface area (Å²) in [6, 6.07) is 3.55. The van der Waals surface area contributed by atoms with Crippen LogP contribution in [0.4, 0.5) is 14.9 Å². The third-order valence-electron chi connectivity index (χ3n) is 3.79. The van der Waals surface area contributed by atoms with Gasteiger partial charge in [-0.1, -0.05) is 0 Å². The molecule has 0 bridgehead atoms. The average Bonchev–Trinajstić information content (AvgIpc) is 3.12. The van der Waals surface area contributed by atoms with Crippen LogP contribution in [0.25, 0.3) is 10.4 Å². The van der Waals surface area contributed by atoms with Crippen LogP contribution in [0.2, 0.25) is 0 Å². The fourth-order valence-corrected chi connectivity index (χ4v) is 3.19. The molecule has 24 heavy (non-hydrogen) atoms. The van der Waals surface area contributed by atoms with E-state index >= 15 is 0 Å². The number of benzene rings is 1. The number of aromatic nitrogens is 1. The molecule has 6 nitrogen and oxygen atoms in total. The lowest BCUT2D eigenvalue weighted by molar-refractivity contribution is -0.120. The number of anilines is 1. The monoisotopic (exact) mass is 348 g/mol. The number of cyclic esters (lactones) is 1. The second-order valence-corrected chi connectivity index (χ2v) is 6.57.